The molecule has 1 aromatic rings. The van der Waals surface area contributed by atoms with Crippen molar-refractivity contribution in [2.75, 3.05) is 11.9 Å². The van der Waals surface area contributed by atoms with Gasteiger partial charge in [0.2, 0.25) is 0 Å². The fraction of sp³-hybridized carbons (Fsp3) is 0.417. The first kappa shape index (κ1) is 13.0. The largest absolute Gasteiger partial charge is 0.396 e. The van der Waals surface area contributed by atoms with E-state index in [2.05, 4.69) is 27.3 Å². The van der Waals surface area contributed by atoms with Gasteiger partial charge in [0.25, 0.3) is 0 Å². The van der Waals surface area contributed by atoms with Crippen LogP contribution in [0.15, 0.2) is 22.7 Å². The highest BCUT2D eigenvalue weighted by molar-refractivity contribution is 9.10. The van der Waals surface area contributed by atoms with Crippen LogP contribution in [-0.2, 0) is 0 Å². The van der Waals surface area contributed by atoms with Crippen LogP contribution in [0.4, 0.5) is 5.69 Å². The maximum absolute atomic E-state index is 9.06. The molecule has 4 heteroatoms. The number of hydrogen-bond acceptors (Lipinski definition) is 3. The number of nitrogens with one attached hydrogen (secondary N) is 1. The van der Waals surface area contributed by atoms with E-state index in [-0.39, 0.29) is 12.1 Å². The summed E-state index contributed by atoms with van der Waals surface area (Å²) in [5, 5.41) is 21.3. The summed E-state index contributed by atoms with van der Waals surface area (Å²) in [6.07, 6.45) is 0.629. The van der Waals surface area contributed by atoms with Crippen molar-refractivity contribution in [3.63, 3.8) is 0 Å². The van der Waals surface area contributed by atoms with Crippen LogP contribution in [0.2, 0.25) is 0 Å². The molecule has 1 rings (SSSR count). The second-order valence-corrected chi connectivity index (χ2v) is 5.11. The van der Waals surface area contributed by atoms with Gasteiger partial charge in [0.15, 0.2) is 0 Å². The van der Waals surface area contributed by atoms with Gasteiger partial charge >= 0.3 is 0 Å². The molecule has 0 aromatic heterocycles. The van der Waals surface area contributed by atoms with Crippen molar-refractivity contribution in [2.24, 2.45) is 0 Å². The summed E-state index contributed by atoms with van der Waals surface area (Å²) in [5.41, 5.74) is 1.14. The van der Waals surface area contributed by atoms with Crippen LogP contribution in [-0.4, -0.2) is 17.3 Å². The van der Waals surface area contributed by atoms with Crippen LogP contribution in [0.1, 0.15) is 25.8 Å². The number of nitriles is 1. The van der Waals surface area contributed by atoms with Crippen molar-refractivity contribution in [3.8, 4) is 6.07 Å². The Kier molecular flexibility index (Phi) is 4.34. The van der Waals surface area contributed by atoms with Gasteiger partial charge in [0.05, 0.1) is 11.3 Å². The van der Waals surface area contributed by atoms with E-state index in [1.807, 2.05) is 32.0 Å². The van der Waals surface area contributed by atoms with E-state index in [1.165, 1.54) is 0 Å². The maximum Gasteiger partial charge on any atom is 0.103 e. The lowest BCUT2D eigenvalue weighted by Crippen LogP contribution is -2.32. The molecule has 0 aliphatic heterocycles. The normalized spacial score (nSPS) is 10.9. The Balaban J connectivity index is 2.98. The standard InChI is InChI=1S/C12H15BrN2O/c1-12(2,6-7-16)15-11-5-3-4-10(13)9(11)8-14/h3-5,15-16H,6-7H2,1-2H3. The molecule has 0 unspecified atom stereocenters. The number of hydrogen-bond donors (Lipinski definition) is 2. The zero-order valence-electron chi connectivity index (χ0n) is 9.42. The molecular weight excluding hydrogens is 268 g/mol. The molecule has 1 aromatic carbocycles. The topological polar surface area (TPSA) is 56.0 Å². The van der Waals surface area contributed by atoms with E-state index < -0.39 is 0 Å². The Morgan fingerprint density at radius 1 is 1.50 bits per heavy atom. The molecule has 16 heavy (non-hydrogen) atoms. The van der Waals surface area contributed by atoms with Gasteiger partial charge in [0.1, 0.15) is 6.07 Å². The predicted molar refractivity (Wildman–Crippen MR) is 68.3 cm³/mol. The fourth-order valence-electron chi connectivity index (χ4n) is 1.45. The summed E-state index contributed by atoms with van der Waals surface area (Å²) >= 11 is 3.34. The van der Waals surface area contributed by atoms with Gasteiger partial charge in [-0.3, -0.25) is 0 Å². The molecule has 0 atom stereocenters. The average Bonchev–Trinajstić information content (AvgIpc) is 2.17. The molecule has 86 valence electrons. The Morgan fingerprint density at radius 2 is 2.19 bits per heavy atom. The molecule has 0 fully saturated rings. The van der Waals surface area contributed by atoms with Gasteiger partial charge in [0, 0.05) is 16.6 Å². The summed E-state index contributed by atoms with van der Waals surface area (Å²) in [4.78, 5) is 0. The smallest absolute Gasteiger partial charge is 0.103 e. The number of anilines is 1. The second-order valence-electron chi connectivity index (χ2n) is 4.26. The average molecular weight is 283 g/mol. The monoisotopic (exact) mass is 282 g/mol. The van der Waals surface area contributed by atoms with Gasteiger partial charge in [-0.25, -0.2) is 0 Å². The van der Waals surface area contributed by atoms with Crippen molar-refractivity contribution in [1.29, 1.82) is 5.26 Å². The van der Waals surface area contributed by atoms with E-state index >= 15 is 0 Å². The van der Waals surface area contributed by atoms with Crippen LogP contribution < -0.4 is 5.32 Å². The molecule has 0 heterocycles. The Hall–Kier alpha value is -1.05. The zero-order chi connectivity index (χ0) is 12.2. The first-order valence-corrected chi connectivity index (χ1v) is 5.87. The molecule has 0 aliphatic carbocycles. The molecule has 0 spiro atoms. The highest BCUT2D eigenvalue weighted by atomic mass is 79.9. The summed E-state index contributed by atoms with van der Waals surface area (Å²) in [6.45, 7) is 4.10. The first-order chi connectivity index (χ1) is 7.50. The van der Waals surface area contributed by atoms with E-state index in [4.69, 9.17) is 10.4 Å². The van der Waals surface area contributed by atoms with Crippen LogP contribution >= 0.6 is 15.9 Å². The Labute approximate surface area is 104 Å². The molecule has 0 amide bonds. The fourth-order valence-corrected chi connectivity index (χ4v) is 1.90. The zero-order valence-corrected chi connectivity index (χ0v) is 11.0. The van der Waals surface area contributed by atoms with E-state index in [1.54, 1.807) is 0 Å². The van der Waals surface area contributed by atoms with E-state index in [0.717, 1.165) is 10.2 Å². The Bertz CT molecular complexity index is 410. The van der Waals surface area contributed by atoms with Crippen molar-refractivity contribution >= 4 is 21.6 Å². The number of halogens is 1. The molecule has 0 saturated carbocycles. The van der Waals surface area contributed by atoms with Crippen molar-refractivity contribution in [1.82, 2.24) is 0 Å². The molecule has 0 saturated heterocycles. The van der Waals surface area contributed by atoms with Crippen LogP contribution in [0.25, 0.3) is 0 Å². The van der Waals surface area contributed by atoms with Gasteiger partial charge in [-0.15, -0.1) is 0 Å². The predicted octanol–water partition coefficient (Wildman–Crippen LogP) is 2.89. The summed E-state index contributed by atoms with van der Waals surface area (Å²) in [6, 6.07) is 7.73. The van der Waals surface area contributed by atoms with Crippen molar-refractivity contribution in [2.45, 2.75) is 25.8 Å². The molecule has 0 radical (unpaired) electrons. The number of nitrogens with zero attached hydrogens (tertiary/aromatic N) is 1. The molecule has 2 N–H and O–H groups in total. The van der Waals surface area contributed by atoms with Gasteiger partial charge in [-0.2, -0.15) is 5.26 Å². The summed E-state index contributed by atoms with van der Waals surface area (Å²) in [5.74, 6) is 0. The minimum absolute atomic E-state index is 0.121. The second kappa shape index (κ2) is 5.33. The molecule has 0 bridgehead atoms. The van der Waals surface area contributed by atoms with E-state index in [9.17, 15) is 0 Å². The minimum atomic E-state index is -0.235. The lowest BCUT2D eigenvalue weighted by atomic mass is 10.00. The van der Waals surface area contributed by atoms with Crippen LogP contribution in [0.3, 0.4) is 0 Å². The third-order valence-electron chi connectivity index (χ3n) is 2.34. The summed E-state index contributed by atoms with van der Waals surface area (Å²) < 4.78 is 0.778. The SMILES string of the molecule is CC(C)(CCO)Nc1cccc(Br)c1C#N. The highest BCUT2D eigenvalue weighted by Crippen LogP contribution is 2.27. The number of aliphatic hydroxyl groups is 1. The number of aliphatic hydroxyl groups excluding tert-OH is 1. The van der Waals surface area contributed by atoms with Gasteiger partial charge in [-0.05, 0) is 48.3 Å². The van der Waals surface area contributed by atoms with Crippen LogP contribution in [0.5, 0.6) is 0 Å². The highest BCUT2D eigenvalue weighted by Gasteiger charge is 2.18. The number of benzene rings is 1. The Morgan fingerprint density at radius 3 is 2.75 bits per heavy atom. The quantitative estimate of drug-likeness (QED) is 0.893. The first-order valence-electron chi connectivity index (χ1n) is 5.08. The minimum Gasteiger partial charge on any atom is -0.396 e. The van der Waals surface area contributed by atoms with Crippen molar-refractivity contribution in [3.05, 3.63) is 28.2 Å². The van der Waals surface area contributed by atoms with Gasteiger partial charge in [-0.1, -0.05) is 6.07 Å². The molecular formula is C12H15BrN2O. The van der Waals surface area contributed by atoms with Crippen molar-refractivity contribution < 1.29 is 5.11 Å². The molecule has 3 nitrogen and oxygen atoms in total. The third kappa shape index (κ3) is 3.22. The van der Waals surface area contributed by atoms with Crippen LogP contribution in [0, 0.1) is 11.3 Å². The summed E-state index contributed by atoms with van der Waals surface area (Å²) in [7, 11) is 0. The lowest BCUT2D eigenvalue weighted by molar-refractivity contribution is 0.261. The van der Waals surface area contributed by atoms with E-state index in [0.29, 0.717) is 12.0 Å². The third-order valence-corrected chi connectivity index (χ3v) is 3.00. The van der Waals surface area contributed by atoms with Gasteiger partial charge < -0.3 is 10.4 Å². The lowest BCUT2D eigenvalue weighted by Gasteiger charge is -2.27. The maximum atomic E-state index is 9.06. The molecule has 0 aliphatic rings. The number of rotatable bonds is 4.